The van der Waals surface area contributed by atoms with Crippen molar-refractivity contribution in [3.05, 3.63) is 58.3 Å². The first-order chi connectivity index (χ1) is 11.4. The van der Waals surface area contributed by atoms with Crippen LogP contribution in [0.1, 0.15) is 17.3 Å². The van der Waals surface area contributed by atoms with Gasteiger partial charge < -0.3 is 10.1 Å². The van der Waals surface area contributed by atoms with Crippen LogP contribution in [0.4, 0.5) is 10.1 Å². The lowest BCUT2D eigenvalue weighted by molar-refractivity contribution is -0.123. The van der Waals surface area contributed by atoms with E-state index in [0.29, 0.717) is 10.0 Å². The second-order valence-corrected chi connectivity index (χ2v) is 6.62. The number of carbonyl (C=O) groups is 2. The van der Waals surface area contributed by atoms with Crippen molar-refractivity contribution in [3.63, 3.8) is 0 Å². The SMILES string of the molecule is CSc1ccccc1C(=O)OC(C)C(=O)Nc1ccc(Br)cc1F. The molecule has 0 aromatic heterocycles. The molecule has 2 rings (SSSR count). The predicted octanol–water partition coefficient (Wildman–Crippen LogP) is 4.49. The van der Waals surface area contributed by atoms with E-state index in [1.54, 1.807) is 24.3 Å². The number of anilines is 1. The van der Waals surface area contributed by atoms with Gasteiger partial charge in [0, 0.05) is 9.37 Å². The summed E-state index contributed by atoms with van der Waals surface area (Å²) >= 11 is 4.55. The third kappa shape index (κ3) is 4.58. The Hall–Kier alpha value is -1.86. The third-order valence-corrected chi connectivity index (χ3v) is 4.46. The summed E-state index contributed by atoms with van der Waals surface area (Å²) in [7, 11) is 0. The van der Waals surface area contributed by atoms with Gasteiger partial charge in [-0.05, 0) is 43.5 Å². The number of amides is 1. The van der Waals surface area contributed by atoms with E-state index in [-0.39, 0.29) is 5.69 Å². The van der Waals surface area contributed by atoms with Crippen molar-refractivity contribution in [2.45, 2.75) is 17.9 Å². The number of hydrogen-bond donors (Lipinski definition) is 1. The monoisotopic (exact) mass is 411 g/mol. The van der Waals surface area contributed by atoms with E-state index in [0.717, 1.165) is 4.90 Å². The van der Waals surface area contributed by atoms with E-state index in [1.165, 1.54) is 30.8 Å². The lowest BCUT2D eigenvalue weighted by atomic mass is 10.2. The highest BCUT2D eigenvalue weighted by molar-refractivity contribution is 9.10. The minimum absolute atomic E-state index is 0.0237. The molecule has 4 nitrogen and oxygen atoms in total. The summed E-state index contributed by atoms with van der Waals surface area (Å²) in [6.45, 7) is 1.44. The van der Waals surface area contributed by atoms with E-state index in [9.17, 15) is 14.0 Å². The Kier molecular flexibility index (Phi) is 6.39. The fourth-order valence-electron chi connectivity index (χ4n) is 1.92. The van der Waals surface area contributed by atoms with Crippen LogP contribution in [-0.4, -0.2) is 24.2 Å². The number of esters is 1. The van der Waals surface area contributed by atoms with E-state index in [4.69, 9.17) is 4.74 Å². The van der Waals surface area contributed by atoms with Gasteiger partial charge in [0.25, 0.3) is 5.91 Å². The van der Waals surface area contributed by atoms with Crippen LogP contribution in [0.2, 0.25) is 0 Å². The zero-order chi connectivity index (χ0) is 17.7. The Morgan fingerprint density at radius 1 is 1.25 bits per heavy atom. The van der Waals surface area contributed by atoms with Gasteiger partial charge in [0.2, 0.25) is 0 Å². The number of nitrogens with one attached hydrogen (secondary N) is 1. The Morgan fingerprint density at radius 2 is 1.96 bits per heavy atom. The molecule has 2 aromatic rings. The maximum atomic E-state index is 13.7. The van der Waals surface area contributed by atoms with Gasteiger partial charge in [-0.2, -0.15) is 0 Å². The van der Waals surface area contributed by atoms with Gasteiger partial charge in [-0.25, -0.2) is 9.18 Å². The van der Waals surface area contributed by atoms with Gasteiger partial charge in [-0.15, -0.1) is 11.8 Å². The number of benzene rings is 2. The van der Waals surface area contributed by atoms with Gasteiger partial charge in [-0.1, -0.05) is 28.1 Å². The van der Waals surface area contributed by atoms with Gasteiger partial charge in [-0.3, -0.25) is 4.79 Å². The minimum atomic E-state index is -1.06. The number of hydrogen-bond acceptors (Lipinski definition) is 4. The van der Waals surface area contributed by atoms with Gasteiger partial charge in [0.05, 0.1) is 11.3 Å². The smallest absolute Gasteiger partial charge is 0.340 e. The molecule has 0 saturated heterocycles. The lowest BCUT2D eigenvalue weighted by Gasteiger charge is -2.15. The summed E-state index contributed by atoms with van der Waals surface area (Å²) < 4.78 is 19.5. The van der Waals surface area contributed by atoms with Crippen molar-refractivity contribution in [1.29, 1.82) is 0 Å². The molecule has 0 spiro atoms. The number of ether oxygens (including phenoxy) is 1. The second kappa shape index (κ2) is 8.30. The third-order valence-electron chi connectivity index (χ3n) is 3.17. The van der Waals surface area contributed by atoms with Crippen molar-refractivity contribution >= 4 is 45.3 Å². The van der Waals surface area contributed by atoms with E-state index in [2.05, 4.69) is 21.2 Å². The molecule has 1 atom stereocenters. The maximum absolute atomic E-state index is 13.7. The summed E-state index contributed by atoms with van der Waals surface area (Å²) in [5, 5.41) is 2.41. The Balaban J connectivity index is 2.04. The molecule has 2 aromatic carbocycles. The summed E-state index contributed by atoms with van der Waals surface area (Å²) in [6, 6.07) is 11.2. The normalized spacial score (nSPS) is 11.7. The molecule has 1 amide bonds. The highest BCUT2D eigenvalue weighted by Gasteiger charge is 2.21. The zero-order valence-electron chi connectivity index (χ0n) is 13.0. The highest BCUT2D eigenvalue weighted by Crippen LogP contribution is 2.22. The summed E-state index contributed by atoms with van der Waals surface area (Å²) in [4.78, 5) is 25.1. The van der Waals surface area contributed by atoms with Gasteiger partial charge in [0.1, 0.15) is 5.82 Å². The minimum Gasteiger partial charge on any atom is -0.449 e. The lowest BCUT2D eigenvalue weighted by Crippen LogP contribution is -2.30. The molecule has 1 N–H and O–H groups in total. The molecule has 0 heterocycles. The van der Waals surface area contributed by atoms with Crippen LogP contribution in [0.3, 0.4) is 0 Å². The van der Waals surface area contributed by atoms with Crippen molar-refractivity contribution in [2.24, 2.45) is 0 Å². The summed E-state index contributed by atoms with van der Waals surface area (Å²) in [6.07, 6.45) is 0.786. The Bertz CT molecular complexity index is 769. The molecular formula is C17H15BrFNO3S. The molecule has 7 heteroatoms. The van der Waals surface area contributed by atoms with Crippen LogP contribution in [0.5, 0.6) is 0 Å². The number of thioether (sulfide) groups is 1. The van der Waals surface area contributed by atoms with Crippen LogP contribution < -0.4 is 5.32 Å². The number of carbonyl (C=O) groups excluding carboxylic acids is 2. The summed E-state index contributed by atoms with van der Waals surface area (Å²) in [5.41, 5.74) is 0.412. The van der Waals surface area contributed by atoms with Gasteiger partial charge >= 0.3 is 5.97 Å². The largest absolute Gasteiger partial charge is 0.449 e. The molecule has 0 radical (unpaired) electrons. The molecule has 1 unspecified atom stereocenters. The number of rotatable bonds is 5. The van der Waals surface area contributed by atoms with Crippen molar-refractivity contribution < 1.29 is 18.7 Å². The van der Waals surface area contributed by atoms with Crippen molar-refractivity contribution in [2.75, 3.05) is 11.6 Å². The average molecular weight is 412 g/mol. The molecule has 0 bridgehead atoms. The predicted molar refractivity (Wildman–Crippen MR) is 95.8 cm³/mol. The molecule has 0 aliphatic carbocycles. The first kappa shape index (κ1) is 18.5. The van der Waals surface area contributed by atoms with E-state index < -0.39 is 23.8 Å². The topological polar surface area (TPSA) is 55.4 Å². The van der Waals surface area contributed by atoms with Crippen LogP contribution in [-0.2, 0) is 9.53 Å². The van der Waals surface area contributed by atoms with E-state index in [1.807, 2.05) is 12.3 Å². The van der Waals surface area contributed by atoms with Crippen LogP contribution in [0.15, 0.2) is 51.8 Å². The first-order valence-corrected chi connectivity index (χ1v) is 9.04. The molecule has 0 saturated carbocycles. The van der Waals surface area contributed by atoms with Crippen LogP contribution in [0, 0.1) is 5.82 Å². The highest BCUT2D eigenvalue weighted by atomic mass is 79.9. The maximum Gasteiger partial charge on any atom is 0.340 e. The Morgan fingerprint density at radius 3 is 2.62 bits per heavy atom. The number of halogens is 2. The van der Waals surface area contributed by atoms with E-state index >= 15 is 0 Å². The molecular weight excluding hydrogens is 397 g/mol. The molecule has 0 aliphatic heterocycles. The summed E-state index contributed by atoms with van der Waals surface area (Å²) in [5.74, 6) is -1.78. The van der Waals surface area contributed by atoms with Crippen molar-refractivity contribution in [1.82, 2.24) is 0 Å². The Labute approximate surface area is 151 Å². The first-order valence-electron chi connectivity index (χ1n) is 7.02. The quantitative estimate of drug-likeness (QED) is 0.581. The van der Waals surface area contributed by atoms with Crippen molar-refractivity contribution in [3.8, 4) is 0 Å². The molecule has 0 aliphatic rings. The van der Waals surface area contributed by atoms with Crippen LogP contribution >= 0.6 is 27.7 Å². The average Bonchev–Trinajstić information content (AvgIpc) is 2.57. The van der Waals surface area contributed by atoms with Crippen LogP contribution in [0.25, 0.3) is 0 Å². The second-order valence-electron chi connectivity index (χ2n) is 4.86. The fraction of sp³-hybridized carbons (Fsp3) is 0.176. The fourth-order valence-corrected chi connectivity index (χ4v) is 2.84. The molecule has 0 fully saturated rings. The molecule has 126 valence electrons. The molecule has 24 heavy (non-hydrogen) atoms. The standard InChI is InChI=1S/C17H15BrFNO3S/c1-10(16(21)20-14-8-7-11(18)9-13(14)19)23-17(22)12-5-3-4-6-15(12)24-2/h3-10H,1-2H3,(H,20,21). The van der Waals surface area contributed by atoms with Gasteiger partial charge in [0.15, 0.2) is 6.10 Å². The zero-order valence-corrected chi connectivity index (χ0v) is 15.4.